The topological polar surface area (TPSA) is 66.2 Å². The van der Waals surface area contributed by atoms with Gasteiger partial charge >= 0.3 is 5.97 Å². The van der Waals surface area contributed by atoms with Crippen LogP contribution in [-0.2, 0) is 9.53 Å². The Morgan fingerprint density at radius 2 is 1.97 bits per heavy atom. The molecule has 1 aliphatic rings. The second-order valence-corrected chi connectivity index (χ2v) is 7.76. The first-order valence-corrected chi connectivity index (χ1v) is 10.1. The maximum absolute atomic E-state index is 12.5. The zero-order chi connectivity index (χ0) is 21.7. The SMILES string of the molecule is C=C(C(=O)OC)[C@H]1c2cc3cc(Cl)ccc3nc2Oc2c1c(C)nn2-c1ccccc1. The van der Waals surface area contributed by atoms with Crippen LogP contribution in [0.4, 0.5) is 0 Å². The molecule has 7 heteroatoms. The summed E-state index contributed by atoms with van der Waals surface area (Å²) in [5, 5.41) is 6.14. The third kappa shape index (κ3) is 3.07. The lowest BCUT2D eigenvalue weighted by Crippen LogP contribution is -2.19. The van der Waals surface area contributed by atoms with Crippen molar-refractivity contribution in [1.29, 1.82) is 0 Å². The second-order valence-electron chi connectivity index (χ2n) is 7.32. The standard InChI is InChI=1S/C24H18ClN3O3/c1-13(24(29)30-3)20-18-12-15-11-16(25)9-10-19(15)26-22(18)31-23-21(20)14(2)27-28(23)17-7-5-4-6-8-17/h4-12,20H,1H2,2-3H3/t20-/m0/s1. The molecule has 6 nitrogen and oxygen atoms in total. The largest absolute Gasteiger partial charge is 0.466 e. The van der Waals surface area contributed by atoms with Gasteiger partial charge in [0.25, 0.3) is 0 Å². The summed E-state index contributed by atoms with van der Waals surface area (Å²) < 4.78 is 13.0. The fourth-order valence-corrected chi connectivity index (χ4v) is 4.17. The molecule has 5 rings (SSSR count). The second kappa shape index (κ2) is 7.25. The van der Waals surface area contributed by atoms with E-state index in [9.17, 15) is 4.79 Å². The van der Waals surface area contributed by atoms with Crippen LogP contribution in [-0.4, -0.2) is 27.8 Å². The number of methoxy groups -OCH3 is 1. The van der Waals surface area contributed by atoms with E-state index in [1.165, 1.54) is 7.11 Å². The van der Waals surface area contributed by atoms with E-state index in [0.717, 1.165) is 27.8 Å². The van der Waals surface area contributed by atoms with E-state index >= 15 is 0 Å². The lowest BCUT2D eigenvalue weighted by molar-refractivity contribution is -0.136. The molecular weight excluding hydrogens is 414 g/mol. The number of aromatic nitrogens is 3. The molecule has 0 bridgehead atoms. The van der Waals surface area contributed by atoms with Crippen LogP contribution < -0.4 is 4.74 Å². The number of fused-ring (bicyclic) bond motifs is 3. The van der Waals surface area contributed by atoms with Crippen LogP contribution in [0.5, 0.6) is 11.8 Å². The summed E-state index contributed by atoms with van der Waals surface area (Å²) in [4.78, 5) is 17.2. The summed E-state index contributed by atoms with van der Waals surface area (Å²) in [5.74, 6) is -0.108. The fourth-order valence-electron chi connectivity index (χ4n) is 3.99. The molecule has 2 aromatic carbocycles. The number of carbonyl (C=O) groups is 1. The zero-order valence-corrected chi connectivity index (χ0v) is 17.7. The lowest BCUT2D eigenvalue weighted by atomic mass is 9.84. The molecule has 0 radical (unpaired) electrons. The van der Waals surface area contributed by atoms with Crippen molar-refractivity contribution in [2.75, 3.05) is 7.11 Å². The van der Waals surface area contributed by atoms with Gasteiger partial charge in [0.05, 0.1) is 35.5 Å². The minimum absolute atomic E-state index is 0.284. The van der Waals surface area contributed by atoms with Crippen molar-refractivity contribution in [3.63, 3.8) is 0 Å². The summed E-state index contributed by atoms with van der Waals surface area (Å²) in [6, 6.07) is 17.0. The smallest absolute Gasteiger partial charge is 0.334 e. The lowest BCUT2D eigenvalue weighted by Gasteiger charge is -2.27. The van der Waals surface area contributed by atoms with Gasteiger partial charge in [0, 0.05) is 21.5 Å². The van der Waals surface area contributed by atoms with E-state index in [2.05, 4.69) is 6.58 Å². The predicted octanol–water partition coefficient (Wildman–Crippen LogP) is 5.35. The van der Waals surface area contributed by atoms with Gasteiger partial charge < -0.3 is 9.47 Å². The van der Waals surface area contributed by atoms with Gasteiger partial charge in [-0.15, -0.1) is 0 Å². The number of aryl methyl sites for hydroxylation is 1. The highest BCUT2D eigenvalue weighted by molar-refractivity contribution is 6.31. The number of rotatable bonds is 3. The van der Waals surface area contributed by atoms with Gasteiger partial charge in [-0.25, -0.2) is 14.5 Å². The molecule has 154 valence electrons. The van der Waals surface area contributed by atoms with E-state index in [1.807, 2.05) is 55.5 Å². The van der Waals surface area contributed by atoms with E-state index in [1.54, 1.807) is 10.7 Å². The van der Waals surface area contributed by atoms with E-state index < -0.39 is 11.9 Å². The van der Waals surface area contributed by atoms with Crippen LogP contribution >= 0.6 is 11.6 Å². The van der Waals surface area contributed by atoms with E-state index in [-0.39, 0.29) is 5.57 Å². The molecule has 0 aliphatic carbocycles. The minimum atomic E-state index is -0.514. The minimum Gasteiger partial charge on any atom is -0.466 e. The Labute approximate surface area is 183 Å². The molecule has 0 fully saturated rings. The van der Waals surface area contributed by atoms with Gasteiger partial charge in [-0.1, -0.05) is 36.4 Å². The first-order valence-electron chi connectivity index (χ1n) is 9.68. The number of carbonyl (C=O) groups excluding carboxylic acids is 1. The van der Waals surface area contributed by atoms with Gasteiger partial charge in [-0.3, -0.25) is 0 Å². The third-order valence-corrected chi connectivity index (χ3v) is 5.66. The van der Waals surface area contributed by atoms with Crippen LogP contribution in [0.2, 0.25) is 5.02 Å². The Kier molecular flexibility index (Phi) is 4.52. The zero-order valence-electron chi connectivity index (χ0n) is 16.9. The third-order valence-electron chi connectivity index (χ3n) is 5.42. The highest BCUT2D eigenvalue weighted by Crippen LogP contribution is 2.49. The van der Waals surface area contributed by atoms with Crippen molar-refractivity contribution in [2.24, 2.45) is 0 Å². The molecule has 31 heavy (non-hydrogen) atoms. The van der Waals surface area contributed by atoms with Crippen LogP contribution in [0.1, 0.15) is 22.7 Å². The summed E-state index contributed by atoms with van der Waals surface area (Å²) >= 11 is 6.19. The Morgan fingerprint density at radius 3 is 2.71 bits per heavy atom. The number of esters is 1. The highest BCUT2D eigenvalue weighted by Gasteiger charge is 2.38. The molecule has 0 spiro atoms. The number of nitrogens with zero attached hydrogens (tertiary/aromatic N) is 3. The Balaban J connectivity index is 1.78. The number of hydrogen-bond acceptors (Lipinski definition) is 5. The van der Waals surface area contributed by atoms with Gasteiger partial charge in [0.2, 0.25) is 11.8 Å². The molecule has 3 heterocycles. The van der Waals surface area contributed by atoms with Gasteiger partial charge in [-0.05, 0) is 43.3 Å². The molecule has 0 saturated carbocycles. The average Bonchev–Trinajstić information content (AvgIpc) is 3.11. The number of pyridine rings is 1. The highest BCUT2D eigenvalue weighted by atomic mass is 35.5. The quantitative estimate of drug-likeness (QED) is 0.323. The maximum atomic E-state index is 12.5. The van der Waals surface area contributed by atoms with E-state index in [4.69, 9.17) is 31.2 Å². The summed E-state index contributed by atoms with van der Waals surface area (Å²) in [5.41, 5.74) is 4.06. The Morgan fingerprint density at radius 1 is 1.19 bits per heavy atom. The molecule has 4 aromatic rings. The molecule has 0 amide bonds. The van der Waals surface area contributed by atoms with Crippen LogP contribution in [0.15, 0.2) is 66.7 Å². The average molecular weight is 432 g/mol. The summed E-state index contributed by atoms with van der Waals surface area (Å²) in [6.07, 6.45) is 0. The molecule has 2 aromatic heterocycles. The molecular formula is C24H18ClN3O3. The van der Waals surface area contributed by atoms with Crippen molar-refractivity contribution < 1.29 is 14.3 Å². The van der Waals surface area contributed by atoms with Crippen LogP contribution in [0, 0.1) is 6.92 Å². The number of ether oxygens (including phenoxy) is 2. The summed E-state index contributed by atoms with van der Waals surface area (Å²) in [7, 11) is 1.34. The normalized spacial score (nSPS) is 14.5. The maximum Gasteiger partial charge on any atom is 0.334 e. The number of hydrogen-bond donors (Lipinski definition) is 0. The van der Waals surface area contributed by atoms with Gasteiger partial charge in [0.15, 0.2) is 0 Å². The van der Waals surface area contributed by atoms with E-state index in [0.29, 0.717) is 22.3 Å². The van der Waals surface area contributed by atoms with Crippen molar-refractivity contribution in [3.8, 4) is 17.4 Å². The molecule has 0 saturated heterocycles. The van der Waals surface area contributed by atoms with Crippen molar-refractivity contribution in [3.05, 3.63) is 88.6 Å². The summed E-state index contributed by atoms with van der Waals surface area (Å²) in [6.45, 7) is 5.93. The number of halogens is 1. The van der Waals surface area contributed by atoms with Crippen LogP contribution in [0.25, 0.3) is 16.6 Å². The Bertz CT molecular complexity index is 1360. The first-order chi connectivity index (χ1) is 15.0. The van der Waals surface area contributed by atoms with Gasteiger partial charge in [0.1, 0.15) is 0 Å². The molecule has 0 unspecified atom stereocenters. The predicted molar refractivity (Wildman–Crippen MR) is 118 cm³/mol. The molecule has 0 N–H and O–H groups in total. The van der Waals surface area contributed by atoms with Gasteiger partial charge in [-0.2, -0.15) is 5.10 Å². The molecule has 1 aliphatic heterocycles. The fraction of sp³-hybridized carbons (Fsp3) is 0.125. The van der Waals surface area contributed by atoms with Crippen molar-refractivity contribution >= 4 is 28.5 Å². The first kappa shape index (κ1) is 19.3. The van der Waals surface area contributed by atoms with Crippen LogP contribution in [0.3, 0.4) is 0 Å². The Hall–Kier alpha value is -3.64. The monoisotopic (exact) mass is 431 g/mol. The van der Waals surface area contributed by atoms with Crippen molar-refractivity contribution in [1.82, 2.24) is 14.8 Å². The number of para-hydroxylation sites is 1. The van der Waals surface area contributed by atoms with Crippen molar-refractivity contribution in [2.45, 2.75) is 12.8 Å². The molecule has 1 atom stereocenters. The number of benzene rings is 2.